The molecule has 1 rings (SSSR count). The van der Waals surface area contributed by atoms with E-state index < -0.39 is 10.0 Å². The number of sulfonamides is 1. The van der Waals surface area contributed by atoms with Gasteiger partial charge in [0.1, 0.15) is 0 Å². The van der Waals surface area contributed by atoms with Gasteiger partial charge in [0.05, 0.1) is 4.90 Å². The van der Waals surface area contributed by atoms with E-state index in [1.807, 2.05) is 0 Å². The first-order valence-corrected chi connectivity index (χ1v) is 9.36. The van der Waals surface area contributed by atoms with Gasteiger partial charge in [-0.3, -0.25) is 4.99 Å². The molecule has 1 aromatic rings. The molecule has 0 heterocycles. The molecule has 138 valence electrons. The number of nitrogens with zero attached hydrogens (tertiary/aromatic N) is 1. The number of hydrogen-bond acceptors (Lipinski definition) is 3. The Morgan fingerprint density at radius 2 is 1.75 bits per heavy atom. The van der Waals surface area contributed by atoms with Gasteiger partial charge in [-0.15, -0.1) is 24.0 Å². The molecule has 1 unspecified atom stereocenters. The minimum Gasteiger partial charge on any atom is -0.354 e. The van der Waals surface area contributed by atoms with Crippen LogP contribution in [0, 0.1) is 5.92 Å². The van der Waals surface area contributed by atoms with Crippen molar-refractivity contribution in [2.45, 2.75) is 51.1 Å². The maximum Gasteiger partial charge on any atom is 0.238 e. The number of nitrogens with two attached hydrogens (primary N) is 1. The molecule has 24 heavy (non-hydrogen) atoms. The van der Waals surface area contributed by atoms with Crippen LogP contribution in [0.25, 0.3) is 0 Å². The van der Waals surface area contributed by atoms with Crippen molar-refractivity contribution in [3.63, 3.8) is 0 Å². The van der Waals surface area contributed by atoms with Gasteiger partial charge in [0.25, 0.3) is 0 Å². The molecule has 0 aliphatic heterocycles. The second kappa shape index (κ2) is 10.9. The van der Waals surface area contributed by atoms with E-state index in [1.54, 1.807) is 19.2 Å². The number of primary sulfonamides is 1. The van der Waals surface area contributed by atoms with Crippen molar-refractivity contribution in [3.05, 3.63) is 29.8 Å². The first kappa shape index (κ1) is 23.1. The lowest BCUT2D eigenvalue weighted by molar-refractivity contribution is 0.489. The van der Waals surface area contributed by atoms with Crippen LogP contribution in [0.3, 0.4) is 0 Å². The normalized spacial score (nSPS) is 13.3. The monoisotopic (exact) mass is 468 g/mol. The Hall–Kier alpha value is -0.870. The van der Waals surface area contributed by atoms with Crippen LogP contribution >= 0.6 is 24.0 Å². The number of aliphatic imine (C=N–C) groups is 1. The van der Waals surface area contributed by atoms with Crippen LogP contribution in [0.1, 0.15) is 39.2 Å². The number of guanidine groups is 1. The van der Waals surface area contributed by atoms with Gasteiger partial charge in [-0.2, -0.15) is 0 Å². The van der Waals surface area contributed by atoms with E-state index in [1.165, 1.54) is 18.6 Å². The minimum absolute atomic E-state index is 0. The second-order valence-corrected chi connectivity index (χ2v) is 7.69. The Morgan fingerprint density at radius 3 is 2.21 bits per heavy atom. The Bertz CT molecular complexity index is 615. The zero-order chi connectivity index (χ0) is 17.5. The molecule has 1 aromatic carbocycles. The van der Waals surface area contributed by atoms with Crippen molar-refractivity contribution in [3.8, 4) is 0 Å². The minimum atomic E-state index is -3.64. The molecule has 0 aromatic heterocycles. The van der Waals surface area contributed by atoms with Crippen molar-refractivity contribution in [2.75, 3.05) is 7.05 Å². The number of nitrogens with one attached hydrogen (secondary N) is 2. The van der Waals surface area contributed by atoms with E-state index in [0.717, 1.165) is 17.9 Å². The summed E-state index contributed by atoms with van der Waals surface area (Å²) in [5, 5.41) is 11.7. The van der Waals surface area contributed by atoms with Gasteiger partial charge in [0, 0.05) is 19.6 Å². The molecule has 0 saturated carbocycles. The number of hydrogen-bond donors (Lipinski definition) is 3. The standard InChI is InChI=1S/C16H28N4O2S.HI/c1-12(2)5-6-13(3)20-16(18-4)19-11-14-7-9-15(10-8-14)23(17,21)22;/h7-10,12-13H,5-6,11H2,1-4H3,(H2,17,21,22)(H2,18,19,20);1H. The van der Waals surface area contributed by atoms with Gasteiger partial charge in [-0.05, 0) is 43.4 Å². The Labute approximate surface area is 162 Å². The maximum absolute atomic E-state index is 11.2. The van der Waals surface area contributed by atoms with Gasteiger partial charge in [0.2, 0.25) is 10.0 Å². The van der Waals surface area contributed by atoms with Gasteiger partial charge >= 0.3 is 0 Å². The third-order valence-corrected chi connectivity index (χ3v) is 4.42. The highest BCUT2D eigenvalue weighted by atomic mass is 127. The molecule has 0 saturated heterocycles. The fourth-order valence-corrected chi connectivity index (χ4v) is 2.58. The molecule has 4 N–H and O–H groups in total. The SMILES string of the molecule is CN=C(NCc1ccc(S(N)(=O)=O)cc1)NC(C)CCC(C)C.I. The predicted octanol–water partition coefficient (Wildman–Crippen LogP) is 2.44. The molecule has 0 radical (unpaired) electrons. The summed E-state index contributed by atoms with van der Waals surface area (Å²) in [6, 6.07) is 6.83. The summed E-state index contributed by atoms with van der Waals surface area (Å²) in [5.74, 6) is 1.42. The molecule has 1 atom stereocenters. The molecule has 0 fully saturated rings. The number of halogens is 1. The Kier molecular flexibility index (Phi) is 10.5. The summed E-state index contributed by atoms with van der Waals surface area (Å²) < 4.78 is 22.4. The molecular formula is C16H29IN4O2S. The number of benzene rings is 1. The first-order chi connectivity index (χ1) is 10.7. The third-order valence-electron chi connectivity index (χ3n) is 3.50. The van der Waals surface area contributed by atoms with Crippen LogP contribution in [0.15, 0.2) is 34.2 Å². The lowest BCUT2D eigenvalue weighted by Crippen LogP contribution is -2.41. The zero-order valence-electron chi connectivity index (χ0n) is 14.7. The van der Waals surface area contributed by atoms with Gasteiger partial charge < -0.3 is 10.6 Å². The average molecular weight is 468 g/mol. The average Bonchev–Trinajstić information content (AvgIpc) is 2.48. The molecule has 6 nitrogen and oxygen atoms in total. The molecule has 0 amide bonds. The quantitative estimate of drug-likeness (QED) is 0.326. The van der Waals surface area contributed by atoms with Gasteiger partial charge in [-0.25, -0.2) is 13.6 Å². The van der Waals surface area contributed by atoms with E-state index >= 15 is 0 Å². The maximum atomic E-state index is 11.2. The lowest BCUT2D eigenvalue weighted by atomic mass is 10.0. The fraction of sp³-hybridized carbons (Fsp3) is 0.562. The van der Waals surface area contributed by atoms with Crippen LogP contribution < -0.4 is 15.8 Å². The molecule has 0 aliphatic carbocycles. The summed E-state index contributed by atoms with van der Waals surface area (Å²) in [6.07, 6.45) is 2.25. The predicted molar refractivity (Wildman–Crippen MR) is 110 cm³/mol. The van der Waals surface area contributed by atoms with Gasteiger partial charge in [0.15, 0.2) is 5.96 Å². The number of rotatable bonds is 7. The summed E-state index contributed by atoms with van der Waals surface area (Å²) in [7, 11) is -1.91. The molecular weight excluding hydrogens is 439 g/mol. The summed E-state index contributed by atoms with van der Waals surface area (Å²) in [5.41, 5.74) is 0.954. The lowest BCUT2D eigenvalue weighted by Gasteiger charge is -2.18. The van der Waals surface area contributed by atoms with Crippen LogP contribution in [0.4, 0.5) is 0 Å². The molecule has 0 spiro atoms. The van der Waals surface area contributed by atoms with Crippen LogP contribution in [-0.2, 0) is 16.6 Å². The first-order valence-electron chi connectivity index (χ1n) is 7.81. The van der Waals surface area contributed by atoms with E-state index in [4.69, 9.17) is 5.14 Å². The molecule has 0 bridgehead atoms. The zero-order valence-corrected chi connectivity index (χ0v) is 17.9. The third kappa shape index (κ3) is 8.84. The second-order valence-electron chi connectivity index (χ2n) is 6.13. The highest BCUT2D eigenvalue weighted by Gasteiger charge is 2.08. The van der Waals surface area contributed by atoms with E-state index in [9.17, 15) is 8.42 Å². The van der Waals surface area contributed by atoms with Gasteiger partial charge in [-0.1, -0.05) is 26.0 Å². The topological polar surface area (TPSA) is 96.6 Å². The fourth-order valence-electron chi connectivity index (χ4n) is 2.07. The van der Waals surface area contributed by atoms with Crippen LogP contribution in [-0.4, -0.2) is 27.5 Å². The van der Waals surface area contributed by atoms with Crippen molar-refractivity contribution in [1.82, 2.24) is 10.6 Å². The van der Waals surface area contributed by atoms with E-state index in [-0.39, 0.29) is 28.9 Å². The summed E-state index contributed by atoms with van der Waals surface area (Å²) >= 11 is 0. The molecule has 0 aliphatic rings. The smallest absolute Gasteiger partial charge is 0.238 e. The highest BCUT2D eigenvalue weighted by Crippen LogP contribution is 2.09. The van der Waals surface area contributed by atoms with Crippen molar-refractivity contribution >= 4 is 40.0 Å². The summed E-state index contributed by atoms with van der Waals surface area (Å²) in [4.78, 5) is 4.32. The Morgan fingerprint density at radius 1 is 1.17 bits per heavy atom. The summed E-state index contributed by atoms with van der Waals surface area (Å²) in [6.45, 7) is 7.12. The van der Waals surface area contributed by atoms with Crippen molar-refractivity contribution in [1.29, 1.82) is 0 Å². The largest absolute Gasteiger partial charge is 0.354 e. The van der Waals surface area contributed by atoms with Crippen LogP contribution in [0.5, 0.6) is 0 Å². The van der Waals surface area contributed by atoms with E-state index in [2.05, 4.69) is 36.4 Å². The van der Waals surface area contributed by atoms with Crippen molar-refractivity contribution < 1.29 is 8.42 Å². The van der Waals surface area contributed by atoms with E-state index in [0.29, 0.717) is 18.5 Å². The highest BCUT2D eigenvalue weighted by molar-refractivity contribution is 14.0. The van der Waals surface area contributed by atoms with Crippen molar-refractivity contribution in [2.24, 2.45) is 16.0 Å². The van der Waals surface area contributed by atoms with Crippen LogP contribution in [0.2, 0.25) is 0 Å². The molecule has 8 heteroatoms. The Balaban J connectivity index is 0.00000529.